The number of imide groups is 1. The molecule has 0 radical (unpaired) electrons. The van der Waals surface area contributed by atoms with Gasteiger partial charge in [-0.25, -0.2) is 0 Å². The van der Waals surface area contributed by atoms with Crippen LogP contribution >= 0.6 is 11.8 Å². The molecule has 162 valence electrons. The standard InChI is InChI=1S/C24H25NO5S/c1-12-13(2)20-17(14(3)19(12)26)9-10-24(4,30-20)21(27)16-7-5-15(6-8-16)11-18-22(28)25-23(29)31-18/h5-8,18,26H,9-11H2,1-4H3,(H,25,28,29)/t18?,24-/m1/s1. The molecule has 1 unspecified atom stereocenters. The van der Waals surface area contributed by atoms with E-state index in [1.807, 2.05) is 39.8 Å². The fraction of sp³-hybridized carbons (Fsp3) is 0.375. The second-order valence-corrected chi connectivity index (χ2v) is 9.65. The predicted molar refractivity (Wildman–Crippen MR) is 119 cm³/mol. The summed E-state index contributed by atoms with van der Waals surface area (Å²) >= 11 is 0.995. The molecule has 2 amide bonds. The van der Waals surface area contributed by atoms with Crippen LogP contribution in [0.4, 0.5) is 4.79 Å². The van der Waals surface area contributed by atoms with Crippen molar-refractivity contribution in [3.05, 3.63) is 57.6 Å². The predicted octanol–water partition coefficient (Wildman–Crippen LogP) is 4.18. The molecule has 0 aromatic heterocycles. The number of thioether (sulfide) groups is 1. The number of fused-ring (bicyclic) bond motifs is 1. The van der Waals surface area contributed by atoms with Gasteiger partial charge in [-0.1, -0.05) is 36.0 Å². The summed E-state index contributed by atoms with van der Waals surface area (Å²) in [4.78, 5) is 36.5. The van der Waals surface area contributed by atoms with Gasteiger partial charge in [-0.2, -0.15) is 0 Å². The fourth-order valence-electron chi connectivity index (χ4n) is 4.25. The van der Waals surface area contributed by atoms with E-state index in [1.165, 1.54) is 0 Å². The summed E-state index contributed by atoms with van der Waals surface area (Å²) in [6.45, 7) is 7.45. The normalized spacial score (nSPS) is 22.6. The summed E-state index contributed by atoms with van der Waals surface area (Å²) in [5, 5.41) is 11.9. The molecule has 2 aromatic carbocycles. The Morgan fingerprint density at radius 2 is 1.84 bits per heavy atom. The highest BCUT2D eigenvalue weighted by molar-refractivity contribution is 8.15. The molecule has 0 bridgehead atoms. The lowest BCUT2D eigenvalue weighted by molar-refractivity contribution is -0.118. The molecule has 1 fully saturated rings. The molecule has 2 heterocycles. The zero-order valence-electron chi connectivity index (χ0n) is 18.0. The van der Waals surface area contributed by atoms with Crippen molar-refractivity contribution in [1.29, 1.82) is 0 Å². The van der Waals surface area contributed by atoms with Crippen molar-refractivity contribution in [2.24, 2.45) is 0 Å². The second-order valence-electron chi connectivity index (χ2n) is 8.48. The molecule has 0 spiro atoms. The summed E-state index contributed by atoms with van der Waals surface area (Å²) < 4.78 is 6.29. The van der Waals surface area contributed by atoms with Crippen molar-refractivity contribution in [2.45, 2.75) is 57.8 Å². The van der Waals surface area contributed by atoms with Gasteiger partial charge < -0.3 is 9.84 Å². The number of phenols is 1. The Kier molecular flexibility index (Phi) is 5.33. The lowest BCUT2D eigenvalue weighted by atomic mass is 9.83. The number of phenolic OH excluding ortho intramolecular Hbond substituents is 1. The van der Waals surface area contributed by atoms with E-state index in [0.29, 0.717) is 36.3 Å². The van der Waals surface area contributed by atoms with Crippen molar-refractivity contribution in [2.75, 3.05) is 0 Å². The van der Waals surface area contributed by atoms with Crippen molar-refractivity contribution in [1.82, 2.24) is 5.32 Å². The summed E-state index contributed by atoms with van der Waals surface area (Å²) in [5.74, 6) is 0.612. The number of hydrogen-bond acceptors (Lipinski definition) is 6. The SMILES string of the molecule is Cc1c(C)c2c(c(C)c1O)CC[C@](C)(C(=O)c1ccc(CC3SC(=O)NC3=O)cc1)O2. The van der Waals surface area contributed by atoms with Gasteiger partial charge in [0.2, 0.25) is 11.7 Å². The van der Waals surface area contributed by atoms with Gasteiger partial charge in [0, 0.05) is 11.1 Å². The molecule has 0 aliphatic carbocycles. The monoisotopic (exact) mass is 439 g/mol. The van der Waals surface area contributed by atoms with Crippen LogP contribution in [0.15, 0.2) is 24.3 Å². The Hall–Kier alpha value is -2.80. The second kappa shape index (κ2) is 7.71. The smallest absolute Gasteiger partial charge is 0.286 e. The van der Waals surface area contributed by atoms with Crippen LogP contribution in [0, 0.1) is 20.8 Å². The average Bonchev–Trinajstić information content (AvgIpc) is 3.07. The van der Waals surface area contributed by atoms with E-state index in [-0.39, 0.29) is 16.9 Å². The van der Waals surface area contributed by atoms with Crippen molar-refractivity contribution in [3.63, 3.8) is 0 Å². The summed E-state index contributed by atoms with van der Waals surface area (Å²) in [7, 11) is 0. The molecule has 4 rings (SSSR count). The molecule has 6 nitrogen and oxygen atoms in total. The first-order valence-electron chi connectivity index (χ1n) is 10.3. The van der Waals surface area contributed by atoms with Gasteiger partial charge in [-0.15, -0.1) is 0 Å². The molecule has 2 N–H and O–H groups in total. The zero-order valence-corrected chi connectivity index (χ0v) is 18.8. The molecular formula is C24H25NO5S. The molecule has 1 saturated heterocycles. The minimum atomic E-state index is -0.997. The van der Waals surface area contributed by atoms with E-state index in [9.17, 15) is 19.5 Å². The van der Waals surface area contributed by atoms with Gasteiger partial charge in [0.25, 0.3) is 5.24 Å². The minimum Gasteiger partial charge on any atom is -0.507 e. The van der Waals surface area contributed by atoms with E-state index in [0.717, 1.165) is 39.6 Å². The molecule has 31 heavy (non-hydrogen) atoms. The first-order chi connectivity index (χ1) is 14.6. The first-order valence-corrected chi connectivity index (χ1v) is 11.1. The Morgan fingerprint density at radius 1 is 1.16 bits per heavy atom. The van der Waals surface area contributed by atoms with Crippen LogP contribution in [0.2, 0.25) is 0 Å². The van der Waals surface area contributed by atoms with E-state index in [1.54, 1.807) is 12.1 Å². The van der Waals surface area contributed by atoms with Gasteiger partial charge in [0.05, 0.1) is 5.25 Å². The number of benzene rings is 2. The highest BCUT2D eigenvalue weighted by Gasteiger charge is 2.41. The van der Waals surface area contributed by atoms with Crippen LogP contribution in [-0.2, 0) is 17.6 Å². The Balaban J connectivity index is 1.55. The molecule has 2 aromatic rings. The Morgan fingerprint density at radius 3 is 2.45 bits per heavy atom. The van der Waals surface area contributed by atoms with Crippen LogP contribution in [0.1, 0.15) is 51.5 Å². The minimum absolute atomic E-state index is 0.101. The van der Waals surface area contributed by atoms with Gasteiger partial charge in [0.15, 0.2) is 5.60 Å². The van der Waals surface area contributed by atoms with E-state index >= 15 is 0 Å². The molecule has 2 aliphatic rings. The number of amides is 2. The van der Waals surface area contributed by atoms with Gasteiger partial charge >= 0.3 is 0 Å². The Labute approximate surface area is 185 Å². The Bertz CT molecular complexity index is 1110. The number of rotatable bonds is 4. The van der Waals surface area contributed by atoms with Crippen molar-refractivity contribution < 1.29 is 24.2 Å². The fourth-order valence-corrected chi connectivity index (χ4v) is 5.11. The molecule has 7 heteroatoms. The number of ketones is 1. The highest BCUT2D eigenvalue weighted by atomic mass is 32.2. The number of ether oxygens (including phenoxy) is 1. The number of nitrogens with one attached hydrogen (secondary N) is 1. The number of hydrogen-bond donors (Lipinski definition) is 2. The third-order valence-corrected chi connectivity index (χ3v) is 7.39. The summed E-state index contributed by atoms with van der Waals surface area (Å²) in [5.41, 5.74) is 3.82. The van der Waals surface area contributed by atoms with Crippen LogP contribution in [0.5, 0.6) is 11.5 Å². The number of carbonyl (C=O) groups is 3. The van der Waals surface area contributed by atoms with E-state index in [2.05, 4.69) is 5.32 Å². The molecular weight excluding hydrogens is 414 g/mol. The van der Waals surface area contributed by atoms with Crippen molar-refractivity contribution >= 4 is 28.7 Å². The highest BCUT2D eigenvalue weighted by Crippen LogP contribution is 2.44. The van der Waals surface area contributed by atoms with Crippen LogP contribution < -0.4 is 10.1 Å². The quantitative estimate of drug-likeness (QED) is 0.695. The maximum absolute atomic E-state index is 13.3. The van der Waals surface area contributed by atoms with E-state index in [4.69, 9.17) is 4.74 Å². The van der Waals surface area contributed by atoms with E-state index < -0.39 is 10.9 Å². The average molecular weight is 440 g/mol. The summed E-state index contributed by atoms with van der Waals surface area (Å²) in [6, 6.07) is 7.14. The molecule has 0 saturated carbocycles. The van der Waals surface area contributed by atoms with Gasteiger partial charge in [-0.3, -0.25) is 19.7 Å². The zero-order chi connectivity index (χ0) is 22.5. The maximum atomic E-state index is 13.3. The third-order valence-electron chi connectivity index (χ3n) is 6.40. The van der Waals surface area contributed by atoms with Crippen LogP contribution in [0.3, 0.4) is 0 Å². The van der Waals surface area contributed by atoms with Crippen molar-refractivity contribution in [3.8, 4) is 11.5 Å². The van der Waals surface area contributed by atoms with Crippen LogP contribution in [-0.4, -0.2) is 32.9 Å². The third kappa shape index (κ3) is 3.71. The van der Waals surface area contributed by atoms with Gasteiger partial charge in [-0.05, 0) is 69.2 Å². The number of Topliss-reactive ketones (excluding diaryl/α,β-unsaturated/α-hetero) is 1. The molecule has 2 atom stereocenters. The largest absolute Gasteiger partial charge is 0.507 e. The topological polar surface area (TPSA) is 92.7 Å². The number of aromatic hydroxyl groups is 1. The molecule has 2 aliphatic heterocycles. The maximum Gasteiger partial charge on any atom is 0.286 e. The number of carbonyl (C=O) groups excluding carboxylic acids is 3. The summed E-state index contributed by atoms with van der Waals surface area (Å²) in [6.07, 6.45) is 1.60. The van der Waals surface area contributed by atoms with Crippen LogP contribution in [0.25, 0.3) is 0 Å². The first kappa shape index (κ1) is 21.4. The lowest BCUT2D eigenvalue weighted by Crippen LogP contribution is -2.44. The van der Waals surface area contributed by atoms with Gasteiger partial charge in [0.1, 0.15) is 11.5 Å². The lowest BCUT2D eigenvalue weighted by Gasteiger charge is -2.36.